The minimum absolute atomic E-state index is 0.437. The Hall–Kier alpha value is -3.83. The maximum atomic E-state index is 11.0. The summed E-state index contributed by atoms with van der Waals surface area (Å²) < 4.78 is 0. The van der Waals surface area contributed by atoms with Gasteiger partial charge >= 0.3 is 0 Å². The number of nitrogens with zero attached hydrogens (tertiary/aromatic N) is 3. The lowest BCUT2D eigenvalue weighted by atomic mass is 10.1. The number of aliphatic hydroxyl groups is 1. The van der Waals surface area contributed by atoms with Crippen molar-refractivity contribution < 1.29 is 5.11 Å². The van der Waals surface area contributed by atoms with Crippen LogP contribution >= 0.6 is 0 Å². The van der Waals surface area contributed by atoms with Gasteiger partial charge in [-0.25, -0.2) is 4.99 Å². The lowest BCUT2D eigenvalue weighted by molar-refractivity contribution is 0.243. The third-order valence-electron chi connectivity index (χ3n) is 4.35. The van der Waals surface area contributed by atoms with E-state index in [-0.39, 0.29) is 0 Å². The number of hydrogen-bond acceptors (Lipinski definition) is 5. The summed E-state index contributed by atoms with van der Waals surface area (Å²) in [6.45, 7) is 0. The fourth-order valence-electron chi connectivity index (χ4n) is 2.93. The van der Waals surface area contributed by atoms with Gasteiger partial charge in [0.1, 0.15) is 11.8 Å². The fraction of sp³-hybridized carbons (Fsp3) is 0.0417. The van der Waals surface area contributed by atoms with Gasteiger partial charge < -0.3 is 10.4 Å². The molecule has 0 bridgehead atoms. The van der Waals surface area contributed by atoms with Crippen LogP contribution in [0, 0.1) is 0 Å². The van der Waals surface area contributed by atoms with Gasteiger partial charge in [-0.15, -0.1) is 0 Å². The molecule has 0 aliphatic rings. The second-order valence-corrected chi connectivity index (χ2v) is 6.38. The molecule has 2 aromatic carbocycles. The first kappa shape index (κ1) is 18.5. The van der Waals surface area contributed by atoms with Gasteiger partial charge in [0.15, 0.2) is 0 Å². The molecule has 5 nitrogen and oxygen atoms in total. The number of aromatic nitrogens is 2. The summed E-state index contributed by atoms with van der Waals surface area (Å²) in [5.41, 5.74) is 4.05. The van der Waals surface area contributed by atoms with Crippen LogP contribution < -0.4 is 5.32 Å². The van der Waals surface area contributed by atoms with Crippen LogP contribution in [-0.4, -0.2) is 20.8 Å². The Morgan fingerprint density at radius 3 is 2.17 bits per heavy atom. The highest BCUT2D eigenvalue weighted by atomic mass is 16.3. The lowest BCUT2D eigenvalue weighted by Crippen LogP contribution is -2.16. The minimum Gasteiger partial charge on any atom is -0.380 e. The number of hydrogen-bond donors (Lipinski definition) is 2. The summed E-state index contributed by atoms with van der Waals surface area (Å²) in [4.78, 5) is 13.5. The second kappa shape index (κ2) is 8.91. The number of aliphatic hydroxyl groups excluding tert-OH is 1. The van der Waals surface area contributed by atoms with Gasteiger partial charge in [0.25, 0.3) is 0 Å². The second-order valence-electron chi connectivity index (χ2n) is 6.38. The maximum Gasteiger partial charge on any atom is 0.140 e. The molecule has 142 valence electrons. The minimum atomic E-state index is -1.00. The first-order chi connectivity index (χ1) is 14.3. The van der Waals surface area contributed by atoms with Crippen LogP contribution in [0.5, 0.6) is 0 Å². The van der Waals surface area contributed by atoms with Gasteiger partial charge in [0, 0.05) is 18.1 Å². The summed E-state index contributed by atoms with van der Waals surface area (Å²) >= 11 is 0. The SMILES string of the molecule is OC(C(=Nc1ccccc1Nc1ccccc1)c1ccccn1)c1ccccn1. The summed E-state index contributed by atoms with van der Waals surface area (Å²) in [6.07, 6.45) is 2.33. The Morgan fingerprint density at radius 1 is 0.759 bits per heavy atom. The Labute approximate surface area is 169 Å². The van der Waals surface area contributed by atoms with E-state index in [0.29, 0.717) is 22.8 Å². The first-order valence-electron chi connectivity index (χ1n) is 9.31. The zero-order chi connectivity index (χ0) is 19.9. The monoisotopic (exact) mass is 380 g/mol. The highest BCUT2D eigenvalue weighted by Gasteiger charge is 2.20. The van der Waals surface area contributed by atoms with E-state index in [1.54, 1.807) is 18.5 Å². The van der Waals surface area contributed by atoms with Crippen LogP contribution in [0.1, 0.15) is 17.5 Å². The Morgan fingerprint density at radius 2 is 1.45 bits per heavy atom. The molecule has 1 unspecified atom stereocenters. The van der Waals surface area contributed by atoms with Crippen LogP contribution in [0.3, 0.4) is 0 Å². The number of anilines is 2. The number of para-hydroxylation sites is 3. The zero-order valence-electron chi connectivity index (χ0n) is 15.7. The molecule has 2 N–H and O–H groups in total. The molecule has 0 spiro atoms. The molecule has 0 radical (unpaired) electrons. The van der Waals surface area contributed by atoms with Crippen LogP contribution in [0.2, 0.25) is 0 Å². The zero-order valence-corrected chi connectivity index (χ0v) is 15.7. The number of aliphatic imine (C=N–C) groups is 1. The van der Waals surface area contributed by atoms with Gasteiger partial charge in [0.05, 0.1) is 22.8 Å². The van der Waals surface area contributed by atoms with Crippen molar-refractivity contribution in [1.29, 1.82) is 0 Å². The van der Waals surface area contributed by atoms with Crippen molar-refractivity contribution in [3.63, 3.8) is 0 Å². The molecule has 0 amide bonds. The Bertz CT molecular complexity index is 1080. The predicted octanol–water partition coefficient (Wildman–Crippen LogP) is 5.07. The van der Waals surface area contributed by atoms with Crippen molar-refractivity contribution in [3.8, 4) is 0 Å². The van der Waals surface area contributed by atoms with Gasteiger partial charge in [0.2, 0.25) is 0 Å². The largest absolute Gasteiger partial charge is 0.380 e. The maximum absolute atomic E-state index is 11.0. The van der Waals surface area contributed by atoms with E-state index in [9.17, 15) is 5.11 Å². The molecule has 0 fully saturated rings. The van der Waals surface area contributed by atoms with Crippen molar-refractivity contribution in [1.82, 2.24) is 9.97 Å². The van der Waals surface area contributed by atoms with Crippen LogP contribution in [-0.2, 0) is 0 Å². The number of nitrogens with one attached hydrogen (secondary N) is 1. The fourth-order valence-corrected chi connectivity index (χ4v) is 2.93. The molecule has 29 heavy (non-hydrogen) atoms. The molecular weight excluding hydrogens is 360 g/mol. The quantitative estimate of drug-likeness (QED) is 0.458. The molecule has 0 saturated heterocycles. The highest BCUT2D eigenvalue weighted by molar-refractivity contribution is 6.04. The van der Waals surface area contributed by atoms with Crippen LogP contribution in [0.15, 0.2) is 108 Å². The lowest BCUT2D eigenvalue weighted by Gasteiger charge is -2.15. The average Bonchev–Trinajstić information content (AvgIpc) is 2.80. The van der Waals surface area contributed by atoms with Gasteiger partial charge in [-0.05, 0) is 48.5 Å². The Kier molecular flexibility index (Phi) is 5.69. The van der Waals surface area contributed by atoms with Crippen molar-refractivity contribution in [3.05, 3.63) is 115 Å². The smallest absolute Gasteiger partial charge is 0.140 e. The molecule has 2 heterocycles. The van der Waals surface area contributed by atoms with E-state index >= 15 is 0 Å². The standard InChI is InChI=1S/C24H20N4O/c29-24(22-15-7-9-17-26-22)23(21-14-6-8-16-25-21)28-20-13-5-4-12-19(20)27-18-10-2-1-3-11-18/h1-17,24,27,29H. The molecule has 1 atom stereocenters. The van der Waals surface area contributed by atoms with Gasteiger partial charge in [-0.3, -0.25) is 9.97 Å². The molecule has 4 rings (SSSR count). The van der Waals surface area contributed by atoms with E-state index < -0.39 is 6.10 Å². The van der Waals surface area contributed by atoms with Crippen molar-refractivity contribution in [2.45, 2.75) is 6.10 Å². The highest BCUT2D eigenvalue weighted by Crippen LogP contribution is 2.30. The number of benzene rings is 2. The van der Waals surface area contributed by atoms with E-state index in [4.69, 9.17) is 4.99 Å². The van der Waals surface area contributed by atoms with Gasteiger partial charge in [-0.2, -0.15) is 0 Å². The molecule has 0 aliphatic heterocycles. The van der Waals surface area contributed by atoms with Crippen LogP contribution in [0.4, 0.5) is 17.1 Å². The van der Waals surface area contributed by atoms with E-state index in [0.717, 1.165) is 11.4 Å². The van der Waals surface area contributed by atoms with Crippen LogP contribution in [0.25, 0.3) is 0 Å². The van der Waals surface area contributed by atoms with Crippen molar-refractivity contribution >= 4 is 22.8 Å². The summed E-state index contributed by atoms with van der Waals surface area (Å²) in [7, 11) is 0. The van der Waals surface area contributed by atoms with E-state index in [1.807, 2.05) is 84.9 Å². The van der Waals surface area contributed by atoms with E-state index in [2.05, 4.69) is 15.3 Å². The van der Waals surface area contributed by atoms with E-state index in [1.165, 1.54) is 0 Å². The van der Waals surface area contributed by atoms with Crippen molar-refractivity contribution in [2.75, 3.05) is 5.32 Å². The number of pyridine rings is 2. The summed E-state index contributed by atoms with van der Waals surface area (Å²) in [5.74, 6) is 0. The predicted molar refractivity (Wildman–Crippen MR) is 116 cm³/mol. The molecule has 2 aromatic heterocycles. The molecule has 0 aliphatic carbocycles. The molecule has 0 saturated carbocycles. The molecule has 5 heteroatoms. The molecular formula is C24H20N4O. The summed E-state index contributed by atoms with van der Waals surface area (Å²) in [5, 5.41) is 14.4. The third kappa shape index (κ3) is 4.54. The summed E-state index contributed by atoms with van der Waals surface area (Å²) in [6, 6.07) is 28.6. The van der Waals surface area contributed by atoms with Gasteiger partial charge in [-0.1, -0.05) is 42.5 Å². The number of rotatable bonds is 6. The Balaban J connectivity index is 1.77. The van der Waals surface area contributed by atoms with Crippen molar-refractivity contribution in [2.24, 2.45) is 4.99 Å². The first-order valence-corrected chi connectivity index (χ1v) is 9.31. The normalized spacial score (nSPS) is 12.4. The topological polar surface area (TPSA) is 70.4 Å². The molecule has 4 aromatic rings. The average molecular weight is 380 g/mol. The third-order valence-corrected chi connectivity index (χ3v) is 4.35.